The van der Waals surface area contributed by atoms with E-state index in [9.17, 15) is 0 Å². The van der Waals surface area contributed by atoms with Gasteiger partial charge in [-0.2, -0.15) is 5.26 Å². The minimum atomic E-state index is -0.204. The Morgan fingerprint density at radius 2 is 2.14 bits per heavy atom. The second-order valence-corrected chi connectivity index (χ2v) is 5.94. The number of rotatable bonds is 1. The summed E-state index contributed by atoms with van der Waals surface area (Å²) >= 11 is 0. The van der Waals surface area contributed by atoms with Gasteiger partial charge in [0.2, 0.25) is 0 Å². The molecule has 1 saturated heterocycles. The van der Waals surface area contributed by atoms with Crippen LogP contribution < -0.4 is 4.90 Å². The van der Waals surface area contributed by atoms with Gasteiger partial charge in [0.1, 0.15) is 17.5 Å². The Hall–Kier alpha value is -2.38. The molecule has 4 heteroatoms. The quantitative estimate of drug-likeness (QED) is 0.810. The molecule has 2 aromatic rings. The van der Waals surface area contributed by atoms with Gasteiger partial charge < -0.3 is 9.64 Å². The average Bonchev–Trinajstić information content (AvgIpc) is 2.94. The third kappa shape index (κ3) is 2.06. The van der Waals surface area contributed by atoms with Gasteiger partial charge in [-0.05, 0) is 36.1 Å². The van der Waals surface area contributed by atoms with Crippen molar-refractivity contribution in [3.05, 3.63) is 59.3 Å². The number of fused-ring (bicyclic) bond motifs is 2. The highest BCUT2D eigenvalue weighted by Crippen LogP contribution is 2.42. The van der Waals surface area contributed by atoms with Crippen molar-refractivity contribution >= 4 is 5.82 Å². The van der Waals surface area contributed by atoms with Crippen LogP contribution >= 0.6 is 0 Å². The molecule has 2 heterocycles. The molecule has 110 valence electrons. The zero-order valence-electron chi connectivity index (χ0n) is 12.3. The fourth-order valence-electron chi connectivity index (χ4n) is 3.59. The van der Waals surface area contributed by atoms with Crippen molar-refractivity contribution in [2.75, 3.05) is 24.6 Å². The molecule has 1 atom stereocenters. The van der Waals surface area contributed by atoms with Crippen LogP contribution in [0.4, 0.5) is 5.82 Å². The summed E-state index contributed by atoms with van der Waals surface area (Å²) in [5.41, 5.74) is 3.12. The normalized spacial score (nSPS) is 23.3. The van der Waals surface area contributed by atoms with Crippen LogP contribution in [0.1, 0.15) is 23.1 Å². The van der Waals surface area contributed by atoms with Gasteiger partial charge in [0.15, 0.2) is 0 Å². The topological polar surface area (TPSA) is 49.2 Å². The lowest BCUT2D eigenvalue weighted by atomic mass is 9.93. The van der Waals surface area contributed by atoms with Crippen LogP contribution in [0.5, 0.6) is 0 Å². The van der Waals surface area contributed by atoms with Gasteiger partial charge >= 0.3 is 0 Å². The van der Waals surface area contributed by atoms with Crippen molar-refractivity contribution in [3.63, 3.8) is 0 Å². The lowest BCUT2D eigenvalue weighted by Gasteiger charge is -2.41. The minimum absolute atomic E-state index is 0.204. The number of hydrogen-bond acceptors (Lipinski definition) is 4. The highest BCUT2D eigenvalue weighted by Gasteiger charge is 2.43. The van der Waals surface area contributed by atoms with Gasteiger partial charge in [0.25, 0.3) is 0 Å². The molecule has 1 aromatic heterocycles. The van der Waals surface area contributed by atoms with E-state index in [0.717, 1.165) is 31.7 Å². The van der Waals surface area contributed by atoms with E-state index in [-0.39, 0.29) is 5.60 Å². The monoisotopic (exact) mass is 291 g/mol. The Morgan fingerprint density at radius 3 is 2.95 bits per heavy atom. The van der Waals surface area contributed by atoms with Gasteiger partial charge in [-0.3, -0.25) is 0 Å². The molecule has 0 radical (unpaired) electrons. The van der Waals surface area contributed by atoms with Gasteiger partial charge in [0, 0.05) is 12.7 Å². The highest BCUT2D eigenvalue weighted by atomic mass is 16.5. The van der Waals surface area contributed by atoms with E-state index in [2.05, 4.69) is 40.2 Å². The number of aromatic nitrogens is 1. The molecule has 1 spiro atoms. The van der Waals surface area contributed by atoms with Crippen LogP contribution in [0, 0.1) is 11.3 Å². The van der Waals surface area contributed by atoms with Crippen molar-refractivity contribution in [2.24, 2.45) is 0 Å². The van der Waals surface area contributed by atoms with Crippen molar-refractivity contribution in [3.8, 4) is 6.07 Å². The summed E-state index contributed by atoms with van der Waals surface area (Å²) in [6, 6.07) is 14.5. The first-order chi connectivity index (χ1) is 10.8. The SMILES string of the molecule is N#Cc1ccc(N2CCOC3(CCc4ccccc43)C2)nc1. The number of nitriles is 1. The fourth-order valence-corrected chi connectivity index (χ4v) is 3.59. The molecule has 2 aliphatic rings. The zero-order chi connectivity index (χ0) is 15.0. The van der Waals surface area contributed by atoms with Crippen molar-refractivity contribution in [2.45, 2.75) is 18.4 Å². The molecule has 22 heavy (non-hydrogen) atoms. The number of pyridine rings is 1. The Bertz CT molecular complexity index is 731. The summed E-state index contributed by atoms with van der Waals surface area (Å²) in [4.78, 5) is 6.70. The van der Waals surface area contributed by atoms with E-state index in [1.165, 1.54) is 11.1 Å². The molecule has 0 bridgehead atoms. The molecule has 0 N–H and O–H groups in total. The Morgan fingerprint density at radius 1 is 1.23 bits per heavy atom. The first-order valence-corrected chi connectivity index (χ1v) is 7.64. The lowest BCUT2D eigenvalue weighted by Crippen LogP contribution is -2.49. The molecule has 0 saturated carbocycles. The largest absolute Gasteiger partial charge is 0.367 e. The third-order valence-corrected chi connectivity index (χ3v) is 4.69. The van der Waals surface area contributed by atoms with E-state index in [1.807, 2.05) is 12.1 Å². The number of ether oxygens (including phenoxy) is 1. The fraction of sp³-hybridized carbons (Fsp3) is 0.333. The van der Waals surface area contributed by atoms with Crippen molar-refractivity contribution in [1.82, 2.24) is 4.98 Å². The molecule has 4 rings (SSSR count). The average molecular weight is 291 g/mol. The van der Waals surface area contributed by atoms with Crippen LogP contribution in [0.2, 0.25) is 0 Å². The van der Waals surface area contributed by atoms with Crippen LogP contribution in [0.25, 0.3) is 0 Å². The maximum Gasteiger partial charge on any atom is 0.128 e. The molecular formula is C18H17N3O. The predicted octanol–water partition coefficient (Wildman–Crippen LogP) is 2.63. The van der Waals surface area contributed by atoms with Crippen LogP contribution in [0.15, 0.2) is 42.6 Å². The second kappa shape index (κ2) is 5.11. The molecule has 1 aliphatic heterocycles. The highest BCUT2D eigenvalue weighted by molar-refractivity contribution is 5.46. The zero-order valence-corrected chi connectivity index (χ0v) is 12.3. The van der Waals surface area contributed by atoms with E-state index >= 15 is 0 Å². The number of hydrogen-bond donors (Lipinski definition) is 0. The number of aryl methyl sites for hydroxylation is 1. The molecule has 1 fully saturated rings. The number of anilines is 1. The third-order valence-electron chi connectivity index (χ3n) is 4.69. The molecule has 1 unspecified atom stereocenters. The minimum Gasteiger partial charge on any atom is -0.367 e. The summed E-state index contributed by atoms with van der Waals surface area (Å²) in [5, 5.41) is 8.89. The van der Waals surface area contributed by atoms with E-state index in [4.69, 9.17) is 10.00 Å². The predicted molar refractivity (Wildman–Crippen MR) is 83.6 cm³/mol. The Balaban J connectivity index is 1.64. The van der Waals surface area contributed by atoms with Crippen molar-refractivity contribution in [1.29, 1.82) is 5.26 Å². The van der Waals surface area contributed by atoms with Gasteiger partial charge in [-0.25, -0.2) is 4.98 Å². The van der Waals surface area contributed by atoms with E-state index < -0.39 is 0 Å². The Kier molecular flexibility index (Phi) is 3.09. The van der Waals surface area contributed by atoms with Crippen molar-refractivity contribution < 1.29 is 4.74 Å². The molecule has 1 aliphatic carbocycles. The summed E-state index contributed by atoms with van der Waals surface area (Å²) < 4.78 is 6.23. The number of nitrogens with zero attached hydrogens (tertiary/aromatic N) is 3. The van der Waals surface area contributed by atoms with Gasteiger partial charge in [-0.15, -0.1) is 0 Å². The number of morpholine rings is 1. The maximum atomic E-state index is 8.89. The van der Waals surface area contributed by atoms with E-state index in [0.29, 0.717) is 12.2 Å². The first kappa shape index (κ1) is 13.3. The van der Waals surface area contributed by atoms with E-state index in [1.54, 1.807) is 6.20 Å². The first-order valence-electron chi connectivity index (χ1n) is 7.64. The molecular weight excluding hydrogens is 274 g/mol. The summed E-state index contributed by atoms with van der Waals surface area (Å²) in [5.74, 6) is 0.922. The summed E-state index contributed by atoms with van der Waals surface area (Å²) in [7, 11) is 0. The molecule has 0 amide bonds. The standard InChI is InChI=1S/C18H17N3O/c19-11-14-5-6-17(20-12-14)21-9-10-22-18(13-21)8-7-15-3-1-2-4-16(15)18/h1-6,12H,7-10,13H2. The number of benzene rings is 1. The molecule has 4 nitrogen and oxygen atoms in total. The van der Waals surface area contributed by atoms with Gasteiger partial charge in [-0.1, -0.05) is 24.3 Å². The smallest absolute Gasteiger partial charge is 0.128 e. The summed E-state index contributed by atoms with van der Waals surface area (Å²) in [6.45, 7) is 2.36. The maximum absolute atomic E-state index is 8.89. The Labute approximate surface area is 130 Å². The lowest BCUT2D eigenvalue weighted by molar-refractivity contribution is -0.0594. The molecule has 1 aromatic carbocycles. The van der Waals surface area contributed by atoms with Crippen LogP contribution in [-0.4, -0.2) is 24.7 Å². The van der Waals surface area contributed by atoms with Crippen LogP contribution in [0.3, 0.4) is 0 Å². The second-order valence-electron chi connectivity index (χ2n) is 5.94. The van der Waals surface area contributed by atoms with Gasteiger partial charge in [0.05, 0.1) is 18.7 Å². The van der Waals surface area contributed by atoms with Crippen LogP contribution in [-0.2, 0) is 16.8 Å². The summed E-state index contributed by atoms with van der Waals surface area (Å²) in [6.07, 6.45) is 3.74.